The van der Waals surface area contributed by atoms with E-state index >= 15 is 0 Å². The summed E-state index contributed by atoms with van der Waals surface area (Å²) in [6.07, 6.45) is 0.911. The molecule has 1 amide bonds. The lowest BCUT2D eigenvalue weighted by Gasteiger charge is -2.08. The minimum atomic E-state index is -0.104. The molecule has 2 rings (SSSR count). The highest BCUT2D eigenvalue weighted by molar-refractivity contribution is 6.42. The zero-order valence-corrected chi connectivity index (χ0v) is 14.1. The Bertz CT molecular complexity index is 689. The molecule has 6 heteroatoms. The second-order valence-corrected chi connectivity index (χ2v) is 5.87. The Kier molecular flexibility index (Phi) is 5.95. The van der Waals surface area contributed by atoms with E-state index in [4.69, 9.17) is 39.5 Å². The van der Waals surface area contributed by atoms with E-state index in [-0.39, 0.29) is 5.91 Å². The molecule has 0 saturated heterocycles. The number of benzene rings is 2. The summed E-state index contributed by atoms with van der Waals surface area (Å²) in [5.41, 5.74) is 1.59. The van der Waals surface area contributed by atoms with Crippen LogP contribution in [0.15, 0.2) is 36.4 Å². The minimum Gasteiger partial charge on any atom is -0.495 e. The Morgan fingerprint density at radius 1 is 1.05 bits per heavy atom. The molecule has 0 aliphatic carbocycles. The van der Waals surface area contributed by atoms with Crippen molar-refractivity contribution >= 4 is 46.4 Å². The number of hydrogen-bond acceptors (Lipinski definition) is 2. The van der Waals surface area contributed by atoms with E-state index in [1.54, 1.807) is 30.3 Å². The van der Waals surface area contributed by atoms with Crippen molar-refractivity contribution in [1.29, 1.82) is 0 Å². The normalized spacial score (nSPS) is 10.4. The summed E-state index contributed by atoms with van der Waals surface area (Å²) in [7, 11) is 1.54. The Morgan fingerprint density at radius 2 is 1.82 bits per heavy atom. The van der Waals surface area contributed by atoms with Crippen LogP contribution in [0, 0.1) is 0 Å². The van der Waals surface area contributed by atoms with Crippen molar-refractivity contribution in [3.63, 3.8) is 0 Å². The molecule has 0 saturated carbocycles. The van der Waals surface area contributed by atoms with Gasteiger partial charge in [-0.1, -0.05) is 40.9 Å². The van der Waals surface area contributed by atoms with Crippen LogP contribution >= 0.6 is 34.8 Å². The minimum absolute atomic E-state index is 0.104. The third-order valence-electron chi connectivity index (χ3n) is 3.06. The van der Waals surface area contributed by atoms with E-state index in [0.29, 0.717) is 39.3 Å². The second-order valence-electron chi connectivity index (χ2n) is 4.65. The number of nitrogens with one attached hydrogen (secondary N) is 1. The molecule has 1 N–H and O–H groups in total. The number of aryl methyl sites for hydroxylation is 1. The van der Waals surface area contributed by atoms with Crippen molar-refractivity contribution in [2.45, 2.75) is 12.8 Å². The van der Waals surface area contributed by atoms with Crippen molar-refractivity contribution in [3.8, 4) is 5.75 Å². The fraction of sp³-hybridized carbons (Fsp3) is 0.188. The van der Waals surface area contributed by atoms with Crippen molar-refractivity contribution in [3.05, 3.63) is 57.0 Å². The number of amides is 1. The first-order valence-corrected chi connectivity index (χ1v) is 7.70. The van der Waals surface area contributed by atoms with Gasteiger partial charge in [0.2, 0.25) is 5.91 Å². The molecule has 0 spiro atoms. The average Bonchev–Trinajstić information content (AvgIpc) is 2.49. The van der Waals surface area contributed by atoms with Crippen LogP contribution in [0.25, 0.3) is 0 Å². The highest BCUT2D eigenvalue weighted by Gasteiger charge is 2.07. The van der Waals surface area contributed by atoms with Gasteiger partial charge < -0.3 is 10.1 Å². The fourth-order valence-electron chi connectivity index (χ4n) is 1.92. The standard InChI is InChI=1S/C16H14Cl3NO2/c1-22-15-6-4-11(9-14(15)19)20-16(21)7-3-10-2-5-12(17)13(18)8-10/h2,4-6,8-9H,3,7H2,1H3,(H,20,21). The maximum atomic E-state index is 12.0. The number of carbonyl (C=O) groups excluding carboxylic acids is 1. The number of hydrogen-bond donors (Lipinski definition) is 1. The molecule has 0 heterocycles. The SMILES string of the molecule is COc1ccc(NC(=O)CCc2ccc(Cl)c(Cl)c2)cc1Cl. The van der Waals surface area contributed by atoms with E-state index in [9.17, 15) is 4.79 Å². The van der Waals surface area contributed by atoms with Gasteiger partial charge in [0.05, 0.1) is 22.2 Å². The molecular formula is C16H14Cl3NO2. The third-order valence-corrected chi connectivity index (χ3v) is 4.09. The van der Waals surface area contributed by atoms with Gasteiger partial charge in [0.15, 0.2) is 0 Å². The number of rotatable bonds is 5. The summed E-state index contributed by atoms with van der Waals surface area (Å²) in [6.45, 7) is 0. The first-order valence-electron chi connectivity index (χ1n) is 6.57. The molecule has 0 fully saturated rings. The quantitative estimate of drug-likeness (QED) is 0.795. The smallest absolute Gasteiger partial charge is 0.224 e. The Morgan fingerprint density at radius 3 is 2.45 bits per heavy atom. The van der Waals surface area contributed by atoms with Gasteiger partial charge in [0.25, 0.3) is 0 Å². The van der Waals surface area contributed by atoms with Crippen LogP contribution in [0.5, 0.6) is 5.75 Å². The lowest BCUT2D eigenvalue weighted by molar-refractivity contribution is -0.116. The number of halogens is 3. The molecule has 3 nitrogen and oxygen atoms in total. The van der Waals surface area contributed by atoms with Crippen LogP contribution in [0.2, 0.25) is 15.1 Å². The Hall–Kier alpha value is -1.42. The predicted molar refractivity (Wildman–Crippen MR) is 91.4 cm³/mol. The summed E-state index contributed by atoms with van der Waals surface area (Å²) in [6, 6.07) is 10.4. The largest absolute Gasteiger partial charge is 0.495 e. The van der Waals surface area contributed by atoms with E-state index in [2.05, 4.69) is 5.32 Å². The Labute approximate surface area is 144 Å². The molecule has 0 bridgehead atoms. The molecule has 0 radical (unpaired) electrons. The summed E-state index contributed by atoms with van der Waals surface area (Å²) >= 11 is 17.8. The first kappa shape index (κ1) is 16.9. The van der Waals surface area contributed by atoms with E-state index in [1.807, 2.05) is 6.07 Å². The highest BCUT2D eigenvalue weighted by Crippen LogP contribution is 2.27. The van der Waals surface area contributed by atoms with Crippen molar-refractivity contribution in [2.75, 3.05) is 12.4 Å². The van der Waals surface area contributed by atoms with Gasteiger partial charge in [-0.2, -0.15) is 0 Å². The maximum absolute atomic E-state index is 12.0. The monoisotopic (exact) mass is 357 g/mol. The van der Waals surface area contributed by atoms with Crippen LogP contribution in [0.1, 0.15) is 12.0 Å². The number of carbonyl (C=O) groups is 1. The number of ether oxygens (including phenoxy) is 1. The zero-order chi connectivity index (χ0) is 16.1. The molecule has 22 heavy (non-hydrogen) atoms. The third kappa shape index (κ3) is 4.54. The zero-order valence-electron chi connectivity index (χ0n) is 11.8. The summed E-state index contributed by atoms with van der Waals surface area (Å²) in [5.74, 6) is 0.461. The molecule has 0 aliphatic rings. The summed E-state index contributed by atoms with van der Waals surface area (Å²) in [4.78, 5) is 12.0. The van der Waals surface area contributed by atoms with Gasteiger partial charge in [0, 0.05) is 12.1 Å². The first-order chi connectivity index (χ1) is 10.5. The Balaban J connectivity index is 1.92. The topological polar surface area (TPSA) is 38.3 Å². The molecule has 0 unspecified atom stereocenters. The number of anilines is 1. The molecule has 2 aromatic rings. The second kappa shape index (κ2) is 7.73. The molecule has 0 aromatic heterocycles. The van der Waals surface area contributed by atoms with Crippen LogP contribution in [0.4, 0.5) is 5.69 Å². The molecule has 2 aromatic carbocycles. The summed E-state index contributed by atoms with van der Waals surface area (Å²) in [5, 5.41) is 4.23. The van der Waals surface area contributed by atoms with Crippen LogP contribution in [0.3, 0.4) is 0 Å². The predicted octanol–water partition coefficient (Wildman–Crippen LogP) is 5.23. The van der Waals surface area contributed by atoms with Gasteiger partial charge >= 0.3 is 0 Å². The van der Waals surface area contributed by atoms with Crippen molar-refractivity contribution in [2.24, 2.45) is 0 Å². The molecule has 0 atom stereocenters. The lowest BCUT2D eigenvalue weighted by atomic mass is 10.1. The van der Waals surface area contributed by atoms with Crippen LogP contribution < -0.4 is 10.1 Å². The van der Waals surface area contributed by atoms with E-state index in [0.717, 1.165) is 5.56 Å². The fourth-order valence-corrected chi connectivity index (χ4v) is 2.50. The molecule has 116 valence electrons. The van der Waals surface area contributed by atoms with Crippen LogP contribution in [-0.4, -0.2) is 13.0 Å². The average molecular weight is 359 g/mol. The highest BCUT2D eigenvalue weighted by atomic mass is 35.5. The maximum Gasteiger partial charge on any atom is 0.224 e. The summed E-state index contributed by atoms with van der Waals surface area (Å²) < 4.78 is 5.06. The van der Waals surface area contributed by atoms with Gasteiger partial charge in [0.1, 0.15) is 5.75 Å². The number of methoxy groups -OCH3 is 1. The lowest BCUT2D eigenvalue weighted by Crippen LogP contribution is -2.12. The molecular weight excluding hydrogens is 345 g/mol. The van der Waals surface area contributed by atoms with Crippen molar-refractivity contribution in [1.82, 2.24) is 0 Å². The van der Waals surface area contributed by atoms with Crippen LogP contribution in [-0.2, 0) is 11.2 Å². The van der Waals surface area contributed by atoms with E-state index < -0.39 is 0 Å². The van der Waals surface area contributed by atoms with Gasteiger partial charge in [-0.25, -0.2) is 0 Å². The van der Waals surface area contributed by atoms with Gasteiger partial charge in [-0.05, 0) is 42.3 Å². The molecule has 0 aliphatic heterocycles. The van der Waals surface area contributed by atoms with Crippen molar-refractivity contribution < 1.29 is 9.53 Å². The van der Waals surface area contributed by atoms with Gasteiger partial charge in [-0.3, -0.25) is 4.79 Å². The van der Waals surface area contributed by atoms with Gasteiger partial charge in [-0.15, -0.1) is 0 Å². The van der Waals surface area contributed by atoms with E-state index in [1.165, 1.54) is 7.11 Å².